The van der Waals surface area contributed by atoms with Crippen LogP contribution in [0, 0.1) is 31.6 Å². The third kappa shape index (κ3) is 4.14. The fourth-order valence-corrected chi connectivity index (χ4v) is 5.22. The highest BCUT2D eigenvalue weighted by molar-refractivity contribution is 6.31. The standard InChI is InChI=1S/C27H25ClN2O5/c1-15-7-8-18(13-22(15)28)29-14-17(12-24(29)31)27(34)35-19-9-10-23(16(2)11-19)30-25(32)20-5-3-4-6-21(20)26(30)33/h3-4,7-11,13,17,20-21H,5-6,12,14H2,1-2H3/t17-,20-,21-/m1/s1. The van der Waals surface area contributed by atoms with Crippen LogP contribution in [0.3, 0.4) is 0 Å². The van der Waals surface area contributed by atoms with Crippen molar-refractivity contribution in [3.63, 3.8) is 0 Å². The topological polar surface area (TPSA) is 84.0 Å². The maximum Gasteiger partial charge on any atom is 0.316 e. The molecule has 0 saturated carbocycles. The zero-order valence-corrected chi connectivity index (χ0v) is 20.2. The number of hydrogen-bond donors (Lipinski definition) is 0. The molecule has 3 atom stereocenters. The minimum atomic E-state index is -0.611. The maximum atomic E-state index is 12.9. The smallest absolute Gasteiger partial charge is 0.316 e. The van der Waals surface area contributed by atoms with Crippen LogP contribution in [-0.2, 0) is 19.2 Å². The second-order valence-corrected chi connectivity index (χ2v) is 9.78. The summed E-state index contributed by atoms with van der Waals surface area (Å²) in [6.45, 7) is 3.86. The van der Waals surface area contributed by atoms with Crippen molar-refractivity contribution in [3.8, 4) is 5.75 Å². The van der Waals surface area contributed by atoms with E-state index >= 15 is 0 Å². The fourth-order valence-electron chi connectivity index (χ4n) is 5.04. The number of anilines is 2. The van der Waals surface area contributed by atoms with Crippen molar-refractivity contribution in [2.75, 3.05) is 16.3 Å². The van der Waals surface area contributed by atoms with E-state index in [1.807, 2.05) is 31.2 Å². The fraction of sp³-hybridized carbons (Fsp3) is 0.333. The number of ether oxygens (including phenoxy) is 1. The van der Waals surface area contributed by atoms with Gasteiger partial charge in [0, 0.05) is 23.7 Å². The highest BCUT2D eigenvalue weighted by atomic mass is 35.5. The molecule has 0 radical (unpaired) electrons. The molecule has 2 aliphatic heterocycles. The molecule has 180 valence electrons. The number of carbonyl (C=O) groups is 4. The number of halogens is 1. The van der Waals surface area contributed by atoms with Crippen molar-refractivity contribution in [1.29, 1.82) is 0 Å². The number of allylic oxidation sites excluding steroid dienone is 2. The third-order valence-electron chi connectivity index (χ3n) is 7.06. The van der Waals surface area contributed by atoms with E-state index in [0.29, 0.717) is 40.6 Å². The molecule has 5 rings (SSSR count). The lowest BCUT2D eigenvalue weighted by Crippen LogP contribution is -2.31. The molecule has 1 aliphatic carbocycles. The molecule has 2 heterocycles. The Hall–Kier alpha value is -3.45. The van der Waals surface area contributed by atoms with Crippen LogP contribution in [0.5, 0.6) is 5.75 Å². The van der Waals surface area contributed by atoms with Gasteiger partial charge in [0.1, 0.15) is 5.75 Å². The van der Waals surface area contributed by atoms with Crippen molar-refractivity contribution in [1.82, 2.24) is 0 Å². The quantitative estimate of drug-likeness (QED) is 0.274. The van der Waals surface area contributed by atoms with Crippen LogP contribution in [0.4, 0.5) is 11.4 Å². The molecule has 3 aliphatic rings. The highest BCUT2D eigenvalue weighted by Gasteiger charge is 2.48. The number of esters is 1. The molecule has 7 nitrogen and oxygen atoms in total. The Bertz CT molecular complexity index is 1260. The largest absolute Gasteiger partial charge is 0.426 e. The first-order valence-corrected chi connectivity index (χ1v) is 12.0. The highest BCUT2D eigenvalue weighted by Crippen LogP contribution is 2.39. The van der Waals surface area contributed by atoms with Crippen LogP contribution in [0.2, 0.25) is 5.02 Å². The number of fused-ring (bicyclic) bond motifs is 1. The van der Waals surface area contributed by atoms with E-state index in [1.165, 1.54) is 4.90 Å². The summed E-state index contributed by atoms with van der Waals surface area (Å²) in [5.74, 6) is -1.96. The number of benzene rings is 2. The molecular weight excluding hydrogens is 468 g/mol. The molecule has 2 saturated heterocycles. The Labute approximate surface area is 208 Å². The van der Waals surface area contributed by atoms with E-state index in [1.54, 1.807) is 36.1 Å². The zero-order chi connectivity index (χ0) is 24.9. The molecule has 2 fully saturated rings. The Balaban J connectivity index is 1.28. The van der Waals surface area contributed by atoms with Gasteiger partial charge in [-0.1, -0.05) is 29.8 Å². The van der Waals surface area contributed by atoms with Crippen molar-refractivity contribution in [3.05, 3.63) is 64.7 Å². The summed E-state index contributed by atoms with van der Waals surface area (Å²) < 4.78 is 5.58. The first-order chi connectivity index (χ1) is 16.7. The minimum Gasteiger partial charge on any atom is -0.426 e. The van der Waals surface area contributed by atoms with E-state index < -0.39 is 11.9 Å². The lowest BCUT2D eigenvalue weighted by Gasteiger charge is -2.19. The number of hydrogen-bond acceptors (Lipinski definition) is 5. The summed E-state index contributed by atoms with van der Waals surface area (Å²) in [4.78, 5) is 54.0. The van der Waals surface area contributed by atoms with Crippen molar-refractivity contribution < 1.29 is 23.9 Å². The molecule has 0 spiro atoms. The number of imide groups is 1. The van der Waals surface area contributed by atoms with Crippen molar-refractivity contribution in [2.45, 2.75) is 33.1 Å². The lowest BCUT2D eigenvalue weighted by molar-refractivity contribution is -0.139. The van der Waals surface area contributed by atoms with Gasteiger partial charge in [-0.2, -0.15) is 0 Å². The summed E-state index contributed by atoms with van der Waals surface area (Å²) in [5.41, 5.74) is 2.72. The van der Waals surface area contributed by atoms with Crippen LogP contribution in [0.15, 0.2) is 48.6 Å². The molecule has 35 heavy (non-hydrogen) atoms. The van der Waals surface area contributed by atoms with E-state index in [9.17, 15) is 19.2 Å². The monoisotopic (exact) mass is 492 g/mol. The third-order valence-corrected chi connectivity index (χ3v) is 7.47. The predicted molar refractivity (Wildman–Crippen MR) is 131 cm³/mol. The SMILES string of the molecule is Cc1ccc(N2C[C@H](C(=O)Oc3ccc(N4C(=O)[C@@H]5CC=CC[C@H]5C4=O)c(C)c3)CC2=O)cc1Cl. The minimum absolute atomic E-state index is 0.0506. The average molecular weight is 493 g/mol. The summed E-state index contributed by atoms with van der Waals surface area (Å²) >= 11 is 6.20. The second kappa shape index (κ2) is 8.96. The molecule has 0 aromatic heterocycles. The maximum absolute atomic E-state index is 12.9. The van der Waals surface area contributed by atoms with Crippen LogP contribution in [-0.4, -0.2) is 30.2 Å². The van der Waals surface area contributed by atoms with Gasteiger partial charge in [0.05, 0.1) is 23.4 Å². The van der Waals surface area contributed by atoms with Crippen LogP contribution < -0.4 is 14.5 Å². The van der Waals surface area contributed by atoms with Gasteiger partial charge in [-0.25, -0.2) is 4.90 Å². The van der Waals surface area contributed by atoms with Gasteiger partial charge in [0.25, 0.3) is 0 Å². The molecule has 8 heteroatoms. The number of rotatable bonds is 4. The van der Waals surface area contributed by atoms with Crippen molar-refractivity contribution >= 4 is 46.7 Å². The summed E-state index contributed by atoms with van der Waals surface area (Å²) in [7, 11) is 0. The van der Waals surface area contributed by atoms with Crippen LogP contribution in [0.1, 0.15) is 30.4 Å². The van der Waals surface area contributed by atoms with Gasteiger partial charge in [0.15, 0.2) is 0 Å². The van der Waals surface area contributed by atoms with Gasteiger partial charge in [0.2, 0.25) is 17.7 Å². The zero-order valence-electron chi connectivity index (χ0n) is 19.5. The molecule has 2 aromatic rings. The molecule has 2 aromatic carbocycles. The number of amides is 3. The van der Waals surface area contributed by atoms with E-state index in [0.717, 1.165) is 5.56 Å². The first-order valence-electron chi connectivity index (χ1n) is 11.7. The Kier molecular flexibility index (Phi) is 5.97. The number of nitrogens with zero attached hydrogens (tertiary/aromatic N) is 2. The van der Waals surface area contributed by atoms with E-state index in [-0.39, 0.29) is 42.5 Å². The first kappa shape index (κ1) is 23.3. The van der Waals surface area contributed by atoms with Crippen LogP contribution >= 0.6 is 11.6 Å². The molecular formula is C27H25ClN2O5. The Morgan fingerprint density at radius 3 is 2.26 bits per heavy atom. The Morgan fingerprint density at radius 1 is 0.943 bits per heavy atom. The van der Waals surface area contributed by atoms with Gasteiger partial charge in [-0.15, -0.1) is 0 Å². The molecule has 0 unspecified atom stereocenters. The van der Waals surface area contributed by atoms with Gasteiger partial charge >= 0.3 is 5.97 Å². The predicted octanol–water partition coefficient (Wildman–Crippen LogP) is 4.37. The van der Waals surface area contributed by atoms with Gasteiger partial charge in [-0.05, 0) is 68.1 Å². The summed E-state index contributed by atoms with van der Waals surface area (Å²) in [6.07, 6.45) is 5.11. The van der Waals surface area contributed by atoms with Crippen molar-refractivity contribution in [2.24, 2.45) is 17.8 Å². The molecule has 3 amide bonds. The lowest BCUT2D eigenvalue weighted by atomic mass is 9.85. The van der Waals surface area contributed by atoms with Crippen LogP contribution in [0.25, 0.3) is 0 Å². The number of aryl methyl sites for hydroxylation is 2. The van der Waals surface area contributed by atoms with Gasteiger partial charge < -0.3 is 9.64 Å². The molecule has 0 N–H and O–H groups in total. The Morgan fingerprint density at radius 2 is 1.63 bits per heavy atom. The molecule has 0 bridgehead atoms. The summed E-state index contributed by atoms with van der Waals surface area (Å²) in [6, 6.07) is 10.2. The second-order valence-electron chi connectivity index (χ2n) is 9.38. The van der Waals surface area contributed by atoms with E-state index in [2.05, 4.69) is 0 Å². The average Bonchev–Trinajstić information content (AvgIpc) is 3.34. The number of carbonyl (C=O) groups excluding carboxylic acids is 4. The van der Waals surface area contributed by atoms with E-state index in [4.69, 9.17) is 16.3 Å². The summed E-state index contributed by atoms with van der Waals surface area (Å²) in [5, 5.41) is 0.558. The normalized spacial score (nSPS) is 23.7. The van der Waals surface area contributed by atoms with Gasteiger partial charge in [-0.3, -0.25) is 19.2 Å².